The Labute approximate surface area is 201 Å². The molecule has 0 aromatic heterocycles. The van der Waals surface area contributed by atoms with Crippen molar-refractivity contribution in [2.75, 3.05) is 49.2 Å². The highest BCUT2D eigenvalue weighted by atomic mass is 16.5. The number of carboxylic acid groups (broad SMARTS) is 1. The van der Waals surface area contributed by atoms with Crippen LogP contribution in [0.2, 0.25) is 0 Å². The van der Waals surface area contributed by atoms with E-state index in [1.54, 1.807) is 0 Å². The lowest BCUT2D eigenvalue weighted by Crippen LogP contribution is -2.37. The van der Waals surface area contributed by atoms with Gasteiger partial charge < -0.3 is 25.0 Å². The van der Waals surface area contributed by atoms with Gasteiger partial charge in [-0.15, -0.1) is 0 Å². The molecular weight excluding hydrogens is 426 g/mol. The number of benzene rings is 3. The highest BCUT2D eigenvalue weighted by Gasteiger charge is 2.26. The zero-order chi connectivity index (χ0) is 23.5. The normalized spacial score (nSPS) is 19.5. The molecule has 0 bridgehead atoms. The van der Waals surface area contributed by atoms with E-state index in [1.807, 2.05) is 0 Å². The number of nitrogens with one attached hydrogen (secondary N) is 1. The van der Waals surface area contributed by atoms with E-state index in [0.29, 0.717) is 19.3 Å². The molecule has 2 aliphatic rings. The van der Waals surface area contributed by atoms with E-state index in [0.717, 1.165) is 49.5 Å². The molecule has 0 aliphatic carbocycles. The average Bonchev–Trinajstić information content (AvgIpc) is 3.32. The minimum absolute atomic E-state index is 0.0359. The van der Waals surface area contributed by atoms with Gasteiger partial charge in [-0.25, -0.2) is 0 Å². The van der Waals surface area contributed by atoms with Gasteiger partial charge in [-0.3, -0.25) is 4.79 Å². The van der Waals surface area contributed by atoms with Crippen LogP contribution in [0.1, 0.15) is 30.5 Å². The lowest BCUT2D eigenvalue weighted by atomic mass is 9.99. The van der Waals surface area contributed by atoms with Gasteiger partial charge >= 0.3 is 5.97 Å². The number of fused-ring (bicyclic) bond motifs is 1. The summed E-state index contributed by atoms with van der Waals surface area (Å²) in [6.07, 6.45) is 1.10. The van der Waals surface area contributed by atoms with Crippen LogP contribution in [0.4, 0.5) is 11.4 Å². The fourth-order valence-corrected chi connectivity index (χ4v) is 5.39. The minimum Gasteiger partial charge on any atom is -0.481 e. The molecule has 0 radical (unpaired) electrons. The van der Waals surface area contributed by atoms with Gasteiger partial charge in [-0.2, -0.15) is 0 Å². The number of hydrogen-bond donors (Lipinski definition) is 2. The van der Waals surface area contributed by atoms with Crippen molar-refractivity contribution in [3.8, 4) is 0 Å². The highest BCUT2D eigenvalue weighted by molar-refractivity contribution is 5.86. The number of aliphatic carboxylic acids is 1. The fraction of sp³-hybridized carbons (Fsp3) is 0.393. The largest absolute Gasteiger partial charge is 0.481 e. The van der Waals surface area contributed by atoms with Crippen molar-refractivity contribution in [3.63, 3.8) is 0 Å². The number of anilines is 2. The van der Waals surface area contributed by atoms with Crippen LogP contribution in [0.3, 0.4) is 0 Å². The Morgan fingerprint density at radius 2 is 1.85 bits per heavy atom. The maximum absolute atomic E-state index is 11.6. The van der Waals surface area contributed by atoms with E-state index >= 15 is 0 Å². The van der Waals surface area contributed by atoms with Crippen molar-refractivity contribution < 1.29 is 14.6 Å². The van der Waals surface area contributed by atoms with Gasteiger partial charge in [-0.1, -0.05) is 42.5 Å². The first kappa shape index (κ1) is 22.7. The highest BCUT2D eigenvalue weighted by Crippen LogP contribution is 2.31. The standard InChI is InChI=1S/C28H33N3O3/c1-20(25-8-4-6-21-5-2-3-7-26(21)25)29-23-11-12-31(19-23)24-9-10-27(22(17-24)18-28(32)33)30-13-15-34-16-14-30/h2-10,17,20,23,29H,11-16,18-19H2,1H3,(H,32,33)/t20-,23+/m1/s1. The van der Waals surface area contributed by atoms with Crippen molar-refractivity contribution >= 4 is 28.1 Å². The summed E-state index contributed by atoms with van der Waals surface area (Å²) in [5.74, 6) is -0.795. The van der Waals surface area contributed by atoms with E-state index in [-0.39, 0.29) is 12.5 Å². The van der Waals surface area contributed by atoms with E-state index < -0.39 is 5.97 Å². The Morgan fingerprint density at radius 3 is 2.68 bits per heavy atom. The molecule has 3 aromatic rings. The van der Waals surface area contributed by atoms with Crippen LogP contribution in [0.5, 0.6) is 0 Å². The molecule has 2 fully saturated rings. The molecule has 0 saturated carbocycles. The molecule has 0 spiro atoms. The van der Waals surface area contributed by atoms with Gasteiger partial charge in [0.05, 0.1) is 19.6 Å². The number of nitrogens with zero attached hydrogens (tertiary/aromatic N) is 2. The summed E-state index contributed by atoms with van der Waals surface area (Å²) in [5, 5.41) is 15.9. The summed E-state index contributed by atoms with van der Waals surface area (Å²) in [6, 6.07) is 22.0. The number of morpholine rings is 1. The molecule has 0 unspecified atom stereocenters. The van der Waals surface area contributed by atoms with Crippen LogP contribution >= 0.6 is 0 Å². The number of carboxylic acids is 1. The molecule has 6 nitrogen and oxygen atoms in total. The summed E-state index contributed by atoms with van der Waals surface area (Å²) in [7, 11) is 0. The second-order valence-electron chi connectivity index (χ2n) is 9.37. The molecule has 2 saturated heterocycles. The monoisotopic (exact) mass is 459 g/mol. The number of hydrogen-bond acceptors (Lipinski definition) is 5. The molecule has 178 valence electrons. The molecule has 3 aromatic carbocycles. The smallest absolute Gasteiger partial charge is 0.307 e. The summed E-state index contributed by atoms with van der Waals surface area (Å²) >= 11 is 0. The van der Waals surface area contributed by atoms with Gasteiger partial charge in [0.1, 0.15) is 0 Å². The third-order valence-electron chi connectivity index (χ3n) is 7.09. The van der Waals surface area contributed by atoms with Gasteiger partial charge in [0, 0.05) is 49.6 Å². The quantitative estimate of drug-likeness (QED) is 0.551. The lowest BCUT2D eigenvalue weighted by Gasteiger charge is -2.31. The Balaban J connectivity index is 1.29. The van der Waals surface area contributed by atoms with Gasteiger partial charge in [0.25, 0.3) is 0 Å². The molecule has 2 heterocycles. The summed E-state index contributed by atoms with van der Waals surface area (Å²) in [6.45, 7) is 7.08. The van der Waals surface area contributed by atoms with Crippen LogP contribution in [0, 0.1) is 0 Å². The Bertz CT molecular complexity index is 1150. The summed E-state index contributed by atoms with van der Waals surface area (Å²) in [4.78, 5) is 16.2. The van der Waals surface area contributed by atoms with Crippen molar-refractivity contribution in [3.05, 3.63) is 71.8 Å². The molecule has 6 heteroatoms. The Morgan fingerprint density at radius 1 is 1.06 bits per heavy atom. The third kappa shape index (κ3) is 4.88. The number of ether oxygens (including phenoxy) is 1. The molecule has 2 N–H and O–H groups in total. The summed E-state index contributed by atoms with van der Waals surface area (Å²) < 4.78 is 5.47. The van der Waals surface area contributed by atoms with E-state index in [9.17, 15) is 9.90 Å². The maximum Gasteiger partial charge on any atom is 0.307 e. The van der Waals surface area contributed by atoms with E-state index in [1.165, 1.54) is 16.3 Å². The molecule has 2 aliphatic heterocycles. The first-order valence-electron chi connectivity index (χ1n) is 12.2. The Hall–Kier alpha value is -3.09. The predicted octanol–water partition coefficient (Wildman–Crippen LogP) is 4.23. The molecular formula is C28H33N3O3. The van der Waals surface area contributed by atoms with Gasteiger partial charge in [-0.05, 0) is 53.4 Å². The second-order valence-corrected chi connectivity index (χ2v) is 9.37. The van der Waals surface area contributed by atoms with Gasteiger partial charge in [0.15, 0.2) is 0 Å². The van der Waals surface area contributed by atoms with Crippen molar-refractivity contribution in [2.24, 2.45) is 0 Å². The van der Waals surface area contributed by atoms with E-state index in [2.05, 4.69) is 82.7 Å². The van der Waals surface area contributed by atoms with Crippen molar-refractivity contribution in [1.82, 2.24) is 5.32 Å². The molecule has 2 atom stereocenters. The first-order valence-corrected chi connectivity index (χ1v) is 12.2. The molecule has 0 amide bonds. The SMILES string of the molecule is C[C@@H](N[C@H]1CCN(c2ccc(N3CCOCC3)c(CC(=O)O)c2)C1)c1cccc2ccccc12. The van der Waals surface area contributed by atoms with Crippen LogP contribution in [0.25, 0.3) is 10.8 Å². The van der Waals surface area contributed by atoms with E-state index in [4.69, 9.17) is 4.74 Å². The zero-order valence-corrected chi connectivity index (χ0v) is 19.7. The van der Waals surface area contributed by atoms with Gasteiger partial charge in [0.2, 0.25) is 0 Å². The zero-order valence-electron chi connectivity index (χ0n) is 19.7. The fourth-order valence-electron chi connectivity index (χ4n) is 5.39. The maximum atomic E-state index is 11.6. The van der Waals surface area contributed by atoms with Crippen molar-refractivity contribution in [1.29, 1.82) is 0 Å². The first-order chi connectivity index (χ1) is 16.6. The molecule has 5 rings (SSSR count). The number of carbonyl (C=O) groups is 1. The van der Waals surface area contributed by atoms with Crippen LogP contribution in [-0.4, -0.2) is 56.5 Å². The predicted molar refractivity (Wildman–Crippen MR) is 137 cm³/mol. The number of rotatable bonds is 7. The van der Waals surface area contributed by atoms with Crippen molar-refractivity contribution in [2.45, 2.75) is 31.8 Å². The molecule has 34 heavy (non-hydrogen) atoms. The van der Waals surface area contributed by atoms with Crippen LogP contribution in [0.15, 0.2) is 60.7 Å². The average molecular weight is 460 g/mol. The third-order valence-corrected chi connectivity index (χ3v) is 7.09. The lowest BCUT2D eigenvalue weighted by molar-refractivity contribution is -0.136. The topological polar surface area (TPSA) is 65.0 Å². The minimum atomic E-state index is -0.795. The second kappa shape index (κ2) is 10.0. The Kier molecular flexibility index (Phi) is 6.70. The van der Waals surface area contributed by atoms with Crippen LogP contribution < -0.4 is 15.1 Å². The summed E-state index contributed by atoms with van der Waals surface area (Å²) in [5.41, 5.74) is 4.34. The van der Waals surface area contributed by atoms with Crippen LogP contribution in [-0.2, 0) is 16.0 Å².